The van der Waals surface area contributed by atoms with Gasteiger partial charge in [-0.3, -0.25) is 0 Å². The summed E-state index contributed by atoms with van der Waals surface area (Å²) in [5.74, 6) is 0.712. The summed E-state index contributed by atoms with van der Waals surface area (Å²) in [5, 5.41) is 7.71. The lowest BCUT2D eigenvalue weighted by molar-refractivity contribution is -0.269. The summed E-state index contributed by atoms with van der Waals surface area (Å²) < 4.78 is 28.3. The zero-order valence-electron chi connectivity index (χ0n) is 23.7. The van der Waals surface area contributed by atoms with Crippen LogP contribution in [0.1, 0.15) is 40.2 Å². The molecule has 1 saturated heterocycles. The highest BCUT2D eigenvalue weighted by Gasteiger charge is 2.44. The Morgan fingerprint density at radius 2 is 1.85 bits per heavy atom. The Bertz CT molecular complexity index is 1390. The van der Waals surface area contributed by atoms with Crippen molar-refractivity contribution in [3.8, 4) is 28.6 Å². The lowest BCUT2D eigenvalue weighted by atomic mass is 9.99. The van der Waals surface area contributed by atoms with Crippen molar-refractivity contribution in [1.29, 1.82) is 0 Å². The summed E-state index contributed by atoms with van der Waals surface area (Å²) in [4.78, 5) is 19.6. The number of carbonyl (C=O) groups excluding carboxylic acids is 1. The first-order valence-corrected chi connectivity index (χ1v) is 13.6. The fourth-order valence-corrected chi connectivity index (χ4v) is 5.08. The van der Waals surface area contributed by atoms with E-state index in [1.165, 1.54) is 0 Å². The number of amides is 1. The van der Waals surface area contributed by atoms with Crippen LogP contribution in [-0.4, -0.2) is 66.6 Å². The van der Waals surface area contributed by atoms with Crippen LogP contribution in [0.15, 0.2) is 40.9 Å². The van der Waals surface area contributed by atoms with E-state index in [9.17, 15) is 4.79 Å². The molecule has 2 aliphatic heterocycles. The van der Waals surface area contributed by atoms with Crippen LogP contribution >= 0.6 is 11.6 Å². The molecule has 0 spiro atoms. The monoisotopic (exact) mass is 570 g/mol. The van der Waals surface area contributed by atoms with E-state index in [1.54, 1.807) is 19.2 Å². The van der Waals surface area contributed by atoms with E-state index >= 15 is 0 Å². The van der Waals surface area contributed by atoms with Gasteiger partial charge in [0.15, 0.2) is 5.79 Å². The minimum absolute atomic E-state index is 0.296. The second kappa shape index (κ2) is 10.6. The summed E-state index contributed by atoms with van der Waals surface area (Å²) in [6.07, 6.45) is 0.331. The molecule has 3 heterocycles. The number of nitrogens with one attached hydrogen (secondary N) is 1. The van der Waals surface area contributed by atoms with Crippen molar-refractivity contribution >= 4 is 23.4 Å². The van der Waals surface area contributed by atoms with Gasteiger partial charge < -0.3 is 33.7 Å². The van der Waals surface area contributed by atoms with Crippen molar-refractivity contribution < 1.29 is 28.3 Å². The maximum atomic E-state index is 12.8. The fourth-order valence-electron chi connectivity index (χ4n) is 4.83. The maximum absolute atomic E-state index is 12.8. The first-order valence-electron chi connectivity index (χ1n) is 13.2. The molecule has 11 heteroatoms. The third-order valence-electron chi connectivity index (χ3n) is 6.81. The zero-order chi connectivity index (χ0) is 28.7. The quantitative estimate of drug-likeness (QED) is 0.412. The van der Waals surface area contributed by atoms with Crippen LogP contribution in [0.4, 0.5) is 10.5 Å². The number of fused-ring (bicyclic) bond motifs is 1. The second-order valence-electron chi connectivity index (χ2n) is 11.7. The van der Waals surface area contributed by atoms with Gasteiger partial charge in [0.25, 0.3) is 5.89 Å². The van der Waals surface area contributed by atoms with Crippen molar-refractivity contribution in [3.63, 3.8) is 0 Å². The van der Waals surface area contributed by atoms with E-state index < -0.39 is 23.0 Å². The number of halogens is 1. The number of anilines is 1. The predicted octanol–water partition coefficient (Wildman–Crippen LogP) is 5.47. The molecule has 1 fully saturated rings. The summed E-state index contributed by atoms with van der Waals surface area (Å²) in [5.41, 5.74) is 2.39. The average Bonchev–Trinajstić information content (AvgIpc) is 3.52. The van der Waals surface area contributed by atoms with Crippen molar-refractivity contribution in [3.05, 3.63) is 47.0 Å². The average molecular weight is 571 g/mol. The van der Waals surface area contributed by atoms with Crippen LogP contribution < -0.4 is 15.0 Å². The number of nitrogens with zero attached hydrogens (tertiary/aromatic N) is 3. The van der Waals surface area contributed by atoms with Gasteiger partial charge in [-0.25, -0.2) is 4.79 Å². The minimum atomic E-state index is -0.777. The number of carbonyl (C=O) groups is 1. The van der Waals surface area contributed by atoms with E-state index in [2.05, 4.69) is 26.4 Å². The van der Waals surface area contributed by atoms with Gasteiger partial charge in [-0.2, -0.15) is 4.98 Å². The van der Waals surface area contributed by atoms with E-state index in [0.717, 1.165) is 29.8 Å². The summed E-state index contributed by atoms with van der Waals surface area (Å²) >= 11 is 6.26. The molecular formula is C29H35ClN4O6. The van der Waals surface area contributed by atoms with Crippen molar-refractivity contribution in [2.24, 2.45) is 0 Å². The molecule has 1 aromatic heterocycles. The molecule has 0 aliphatic carbocycles. The lowest BCUT2D eigenvalue weighted by Gasteiger charge is -2.45. The number of hydrogen-bond acceptors (Lipinski definition) is 9. The fraction of sp³-hybridized carbons (Fsp3) is 0.483. The molecule has 0 saturated carbocycles. The Labute approximate surface area is 238 Å². The van der Waals surface area contributed by atoms with Crippen molar-refractivity contribution in [2.75, 3.05) is 38.3 Å². The molecule has 0 unspecified atom stereocenters. The molecule has 5 rings (SSSR count). The largest absolute Gasteiger partial charge is 0.495 e. The highest BCUT2D eigenvalue weighted by atomic mass is 35.5. The molecule has 40 heavy (non-hydrogen) atoms. The van der Waals surface area contributed by atoms with Gasteiger partial charge in [0.2, 0.25) is 5.82 Å². The highest BCUT2D eigenvalue weighted by molar-refractivity contribution is 6.32. The van der Waals surface area contributed by atoms with Crippen LogP contribution in [0.5, 0.6) is 5.75 Å². The Kier molecular flexibility index (Phi) is 7.45. The van der Waals surface area contributed by atoms with Crippen LogP contribution in [0.3, 0.4) is 0 Å². The van der Waals surface area contributed by atoms with Crippen LogP contribution in [-0.2, 0) is 20.6 Å². The highest BCUT2D eigenvalue weighted by Crippen LogP contribution is 2.35. The summed E-state index contributed by atoms with van der Waals surface area (Å²) in [7, 11) is 1.56. The van der Waals surface area contributed by atoms with Crippen LogP contribution in [0.2, 0.25) is 5.02 Å². The Hall–Kier alpha value is -3.34. The van der Waals surface area contributed by atoms with E-state index in [4.69, 9.17) is 35.1 Å². The molecule has 0 bridgehead atoms. The predicted molar refractivity (Wildman–Crippen MR) is 151 cm³/mol. The van der Waals surface area contributed by atoms with Gasteiger partial charge in [0.05, 0.1) is 25.3 Å². The molecular weight excluding hydrogens is 536 g/mol. The summed E-state index contributed by atoms with van der Waals surface area (Å²) in [6.45, 7) is 11.1. The molecule has 2 aromatic carbocycles. The normalized spacial score (nSPS) is 17.8. The third-order valence-corrected chi connectivity index (χ3v) is 7.10. The number of alkyl carbamates (subject to hydrolysis) is 1. The van der Waals surface area contributed by atoms with Crippen LogP contribution in [0, 0.1) is 0 Å². The van der Waals surface area contributed by atoms with E-state index in [1.807, 2.05) is 52.8 Å². The number of aromatic nitrogens is 2. The smallest absolute Gasteiger partial charge is 0.408 e. The van der Waals surface area contributed by atoms with Gasteiger partial charge in [0.1, 0.15) is 16.9 Å². The van der Waals surface area contributed by atoms with Crippen molar-refractivity contribution in [2.45, 2.75) is 58.0 Å². The molecule has 0 atom stereocenters. The number of benzene rings is 2. The molecule has 2 aliphatic rings. The second-order valence-corrected chi connectivity index (χ2v) is 12.1. The Morgan fingerprint density at radius 3 is 2.52 bits per heavy atom. The topological polar surface area (TPSA) is 108 Å². The Morgan fingerprint density at radius 1 is 1.12 bits per heavy atom. The van der Waals surface area contributed by atoms with Gasteiger partial charge in [-0.15, -0.1) is 0 Å². The van der Waals surface area contributed by atoms with Gasteiger partial charge >= 0.3 is 6.09 Å². The number of hydrogen-bond donors (Lipinski definition) is 1. The first kappa shape index (κ1) is 28.2. The summed E-state index contributed by atoms with van der Waals surface area (Å²) in [6, 6.07) is 11.4. The van der Waals surface area contributed by atoms with E-state index in [-0.39, 0.29) is 0 Å². The molecule has 10 nitrogen and oxygen atoms in total. The number of rotatable bonds is 6. The molecule has 1 N–H and O–H groups in total. The SMILES string of the molecule is COc1ccc(-c2nc(-c3ccc4c(c3)CCN4CC3(NC(=O)OC(C)(C)C)COC(C)(C)OC3)no2)cc1Cl. The van der Waals surface area contributed by atoms with Crippen LogP contribution in [0.25, 0.3) is 22.8 Å². The minimum Gasteiger partial charge on any atom is -0.495 e. The van der Waals surface area contributed by atoms with Gasteiger partial charge in [0, 0.05) is 29.9 Å². The van der Waals surface area contributed by atoms with Gasteiger partial charge in [-0.1, -0.05) is 16.8 Å². The van der Waals surface area contributed by atoms with E-state index in [0.29, 0.717) is 47.8 Å². The molecule has 1 amide bonds. The Balaban J connectivity index is 1.34. The number of ether oxygens (including phenoxy) is 4. The standard InChI is InChI=1S/C29H35ClN4O6/c1-27(2,3)39-26(35)32-29(16-37-28(4,5)38-17-29)15-34-12-11-18-13-19(7-9-22(18)34)24-31-25(40-33-24)20-8-10-23(36-6)21(30)14-20/h7-10,13-14H,11-12,15-17H2,1-6H3,(H,32,35). The molecule has 214 valence electrons. The number of methoxy groups -OCH3 is 1. The maximum Gasteiger partial charge on any atom is 0.408 e. The molecule has 3 aromatic rings. The van der Waals surface area contributed by atoms with Gasteiger partial charge in [-0.05, 0) is 83.0 Å². The first-order chi connectivity index (χ1) is 18.9. The zero-order valence-corrected chi connectivity index (χ0v) is 24.4. The molecule has 0 radical (unpaired) electrons. The van der Waals surface area contributed by atoms with Crippen molar-refractivity contribution in [1.82, 2.24) is 15.5 Å². The third kappa shape index (κ3) is 6.19. The lowest BCUT2D eigenvalue weighted by Crippen LogP contribution is -2.66.